The molecule has 1 saturated heterocycles. The van der Waals surface area contributed by atoms with E-state index in [-0.39, 0.29) is 6.54 Å². The van der Waals surface area contributed by atoms with Crippen molar-refractivity contribution in [2.75, 3.05) is 32.7 Å². The molecule has 1 aliphatic rings. The fourth-order valence-corrected chi connectivity index (χ4v) is 2.83. The van der Waals surface area contributed by atoms with Crippen LogP contribution in [0.1, 0.15) is 5.56 Å². The van der Waals surface area contributed by atoms with Gasteiger partial charge in [-0.25, -0.2) is 0 Å². The largest absolute Gasteiger partial charge is 0.480 e. The number of carboxylic acids is 1. The highest BCUT2D eigenvalue weighted by molar-refractivity contribution is 5.81. The molecule has 0 bridgehead atoms. The minimum Gasteiger partial charge on any atom is -0.480 e. The van der Waals surface area contributed by atoms with E-state index in [2.05, 4.69) is 22.0 Å². The summed E-state index contributed by atoms with van der Waals surface area (Å²) in [5.74, 6) is -0.747. The maximum absolute atomic E-state index is 10.7. The molecule has 2 heterocycles. The molecule has 110 valence electrons. The van der Waals surface area contributed by atoms with Crippen LogP contribution in [-0.4, -0.2) is 58.6 Å². The molecule has 1 aromatic carbocycles. The van der Waals surface area contributed by atoms with E-state index in [1.807, 2.05) is 29.3 Å². The molecule has 1 N–H and O–H groups in total. The average molecular weight is 285 g/mol. The first-order valence-electron chi connectivity index (χ1n) is 7.21. The molecule has 5 nitrogen and oxygen atoms in total. The van der Waals surface area contributed by atoms with Gasteiger partial charge in [0.25, 0.3) is 0 Å². The van der Waals surface area contributed by atoms with Gasteiger partial charge in [-0.2, -0.15) is 0 Å². The molecule has 1 aromatic heterocycles. The first kappa shape index (κ1) is 14.0. The van der Waals surface area contributed by atoms with Gasteiger partial charge in [0, 0.05) is 44.3 Å². The molecule has 3 rings (SSSR count). The van der Waals surface area contributed by atoms with Gasteiger partial charge in [-0.1, -0.05) is 18.2 Å². The fourth-order valence-electron chi connectivity index (χ4n) is 2.83. The number of hydrogen-bond acceptors (Lipinski definition) is 4. The lowest BCUT2D eigenvalue weighted by Gasteiger charge is -2.33. The van der Waals surface area contributed by atoms with E-state index in [4.69, 9.17) is 5.11 Å². The quantitative estimate of drug-likeness (QED) is 0.921. The summed E-state index contributed by atoms with van der Waals surface area (Å²) >= 11 is 0. The van der Waals surface area contributed by atoms with Crippen LogP contribution in [-0.2, 0) is 11.3 Å². The van der Waals surface area contributed by atoms with E-state index >= 15 is 0 Å². The van der Waals surface area contributed by atoms with E-state index in [0.717, 1.165) is 38.2 Å². The molecule has 0 unspecified atom stereocenters. The topological polar surface area (TPSA) is 56.7 Å². The van der Waals surface area contributed by atoms with Crippen LogP contribution in [0.3, 0.4) is 0 Å². The molecule has 0 radical (unpaired) electrons. The number of carboxylic acid groups (broad SMARTS) is 1. The number of piperazine rings is 1. The van der Waals surface area contributed by atoms with E-state index in [9.17, 15) is 4.79 Å². The summed E-state index contributed by atoms with van der Waals surface area (Å²) < 4.78 is 0. The predicted molar refractivity (Wildman–Crippen MR) is 81.1 cm³/mol. The highest BCUT2D eigenvalue weighted by Crippen LogP contribution is 2.18. The fraction of sp³-hybridized carbons (Fsp3) is 0.375. The van der Waals surface area contributed by atoms with E-state index in [0.29, 0.717) is 0 Å². The normalized spacial score (nSPS) is 17.1. The minimum absolute atomic E-state index is 0.145. The standard InChI is InChI=1S/C16H19N3O2/c20-16(21)12-19-9-7-18(8-10-19)11-13-5-6-17-15-4-2-1-3-14(13)15/h1-6H,7-12H2,(H,20,21). The van der Waals surface area contributed by atoms with Crippen LogP contribution in [0, 0.1) is 0 Å². The maximum atomic E-state index is 10.7. The molecular formula is C16H19N3O2. The van der Waals surface area contributed by atoms with Crippen LogP contribution in [0.4, 0.5) is 0 Å². The second-order valence-corrected chi connectivity index (χ2v) is 5.43. The van der Waals surface area contributed by atoms with Crippen molar-refractivity contribution in [1.82, 2.24) is 14.8 Å². The molecule has 2 aromatic rings. The van der Waals surface area contributed by atoms with Crippen LogP contribution >= 0.6 is 0 Å². The lowest BCUT2D eigenvalue weighted by molar-refractivity contribution is -0.138. The molecule has 0 amide bonds. The number of aromatic nitrogens is 1. The number of aliphatic carboxylic acids is 1. The van der Waals surface area contributed by atoms with Crippen molar-refractivity contribution in [3.8, 4) is 0 Å². The zero-order valence-corrected chi connectivity index (χ0v) is 11.9. The van der Waals surface area contributed by atoms with Gasteiger partial charge in [0.05, 0.1) is 12.1 Å². The third-order valence-corrected chi connectivity index (χ3v) is 3.96. The Morgan fingerprint density at radius 1 is 1.10 bits per heavy atom. The molecular weight excluding hydrogens is 266 g/mol. The highest BCUT2D eigenvalue weighted by Gasteiger charge is 2.19. The van der Waals surface area contributed by atoms with Crippen molar-refractivity contribution in [1.29, 1.82) is 0 Å². The van der Waals surface area contributed by atoms with Gasteiger partial charge in [-0.3, -0.25) is 19.6 Å². The van der Waals surface area contributed by atoms with Crippen molar-refractivity contribution in [2.24, 2.45) is 0 Å². The minimum atomic E-state index is -0.747. The number of pyridine rings is 1. The lowest BCUT2D eigenvalue weighted by atomic mass is 10.1. The van der Waals surface area contributed by atoms with E-state index in [1.165, 1.54) is 10.9 Å². The van der Waals surface area contributed by atoms with Crippen molar-refractivity contribution < 1.29 is 9.90 Å². The molecule has 1 fully saturated rings. The number of nitrogens with zero attached hydrogens (tertiary/aromatic N) is 3. The van der Waals surface area contributed by atoms with Gasteiger partial charge >= 0.3 is 5.97 Å². The summed E-state index contributed by atoms with van der Waals surface area (Å²) in [6, 6.07) is 10.3. The first-order chi connectivity index (χ1) is 10.2. The molecule has 0 atom stereocenters. The molecule has 0 saturated carbocycles. The number of benzene rings is 1. The van der Waals surface area contributed by atoms with Gasteiger partial charge in [-0.15, -0.1) is 0 Å². The first-order valence-corrected chi connectivity index (χ1v) is 7.21. The van der Waals surface area contributed by atoms with Gasteiger partial charge in [-0.05, 0) is 17.7 Å². The lowest BCUT2D eigenvalue weighted by Crippen LogP contribution is -2.47. The smallest absolute Gasteiger partial charge is 0.317 e. The zero-order valence-electron chi connectivity index (χ0n) is 11.9. The van der Waals surface area contributed by atoms with Crippen LogP contribution in [0.5, 0.6) is 0 Å². The second kappa shape index (κ2) is 6.20. The summed E-state index contributed by atoms with van der Waals surface area (Å²) in [6.45, 7) is 4.48. The monoisotopic (exact) mass is 285 g/mol. The molecule has 0 aliphatic carbocycles. The van der Waals surface area contributed by atoms with Crippen molar-refractivity contribution >= 4 is 16.9 Å². The predicted octanol–water partition coefficient (Wildman–Crippen LogP) is 1.44. The van der Waals surface area contributed by atoms with Crippen molar-refractivity contribution in [3.05, 3.63) is 42.1 Å². The van der Waals surface area contributed by atoms with Crippen molar-refractivity contribution in [3.63, 3.8) is 0 Å². The Labute approximate surface area is 123 Å². The third-order valence-electron chi connectivity index (χ3n) is 3.96. The van der Waals surface area contributed by atoms with E-state index < -0.39 is 5.97 Å². The van der Waals surface area contributed by atoms with Gasteiger partial charge < -0.3 is 5.11 Å². The Hall–Kier alpha value is -1.98. The van der Waals surface area contributed by atoms with Crippen LogP contribution in [0.2, 0.25) is 0 Å². The van der Waals surface area contributed by atoms with Crippen LogP contribution < -0.4 is 0 Å². The Morgan fingerprint density at radius 2 is 1.81 bits per heavy atom. The molecule has 1 aliphatic heterocycles. The molecule has 0 spiro atoms. The highest BCUT2D eigenvalue weighted by atomic mass is 16.4. The van der Waals surface area contributed by atoms with E-state index in [1.54, 1.807) is 0 Å². The summed E-state index contributed by atoms with van der Waals surface area (Å²) in [4.78, 5) is 19.5. The van der Waals surface area contributed by atoms with Crippen LogP contribution in [0.25, 0.3) is 10.9 Å². The number of para-hydroxylation sites is 1. The number of hydrogen-bond donors (Lipinski definition) is 1. The number of carbonyl (C=O) groups is 1. The molecule has 5 heteroatoms. The zero-order chi connectivity index (χ0) is 14.7. The SMILES string of the molecule is O=C(O)CN1CCN(Cc2ccnc3ccccc23)CC1. The van der Waals surface area contributed by atoms with Crippen LogP contribution in [0.15, 0.2) is 36.5 Å². The van der Waals surface area contributed by atoms with Gasteiger partial charge in [0.2, 0.25) is 0 Å². The summed E-state index contributed by atoms with van der Waals surface area (Å²) in [5.41, 5.74) is 2.31. The number of rotatable bonds is 4. The maximum Gasteiger partial charge on any atom is 0.317 e. The Morgan fingerprint density at radius 3 is 2.57 bits per heavy atom. The average Bonchev–Trinajstić information content (AvgIpc) is 2.49. The summed E-state index contributed by atoms with van der Waals surface area (Å²) in [5, 5.41) is 10.0. The Balaban J connectivity index is 1.66. The second-order valence-electron chi connectivity index (χ2n) is 5.43. The van der Waals surface area contributed by atoms with Gasteiger partial charge in [0.15, 0.2) is 0 Å². The summed E-state index contributed by atoms with van der Waals surface area (Å²) in [6.07, 6.45) is 1.86. The summed E-state index contributed by atoms with van der Waals surface area (Å²) in [7, 11) is 0. The third kappa shape index (κ3) is 3.37. The molecule has 21 heavy (non-hydrogen) atoms. The van der Waals surface area contributed by atoms with Gasteiger partial charge in [0.1, 0.15) is 0 Å². The Kier molecular flexibility index (Phi) is 4.13. The Bertz CT molecular complexity index is 631. The van der Waals surface area contributed by atoms with Crippen molar-refractivity contribution in [2.45, 2.75) is 6.54 Å². The number of fused-ring (bicyclic) bond motifs is 1.